The average Bonchev–Trinajstić information content (AvgIpc) is 2.85. The summed E-state index contributed by atoms with van der Waals surface area (Å²) < 4.78 is 54.0. The van der Waals surface area contributed by atoms with Crippen LogP contribution in [0.2, 0.25) is 0 Å². The summed E-state index contributed by atoms with van der Waals surface area (Å²) in [4.78, 5) is 21.5. The third-order valence-electron chi connectivity index (χ3n) is 5.66. The molecule has 1 aromatic carbocycles. The number of rotatable bonds is 11. The van der Waals surface area contributed by atoms with Crippen molar-refractivity contribution in [3.8, 4) is 22.9 Å². The van der Waals surface area contributed by atoms with Crippen molar-refractivity contribution in [1.82, 2.24) is 14.7 Å². The number of sulfonamides is 1. The van der Waals surface area contributed by atoms with Gasteiger partial charge in [0.1, 0.15) is 29.1 Å². The van der Waals surface area contributed by atoms with Crippen LogP contribution in [0.5, 0.6) is 11.6 Å². The highest BCUT2D eigenvalue weighted by Crippen LogP contribution is 2.30. The number of ether oxygens (including phenoxy) is 2. The summed E-state index contributed by atoms with van der Waals surface area (Å²) in [6.07, 6.45) is -0.344. The molecule has 1 amide bonds. The molecule has 0 bridgehead atoms. The summed E-state index contributed by atoms with van der Waals surface area (Å²) in [5, 5.41) is -0.404. The van der Waals surface area contributed by atoms with E-state index >= 15 is 0 Å². The van der Waals surface area contributed by atoms with Crippen LogP contribution in [-0.2, 0) is 10.0 Å². The van der Waals surface area contributed by atoms with Crippen molar-refractivity contribution in [3.63, 3.8) is 0 Å². The van der Waals surface area contributed by atoms with E-state index in [9.17, 15) is 17.6 Å². The number of carbonyl (C=O) groups excluding carboxylic acids is 1. The Kier molecular flexibility index (Phi) is 9.49. The van der Waals surface area contributed by atoms with Crippen LogP contribution in [0.1, 0.15) is 51.9 Å². The van der Waals surface area contributed by atoms with Crippen LogP contribution in [0.15, 0.2) is 53.6 Å². The fourth-order valence-electron chi connectivity index (χ4n) is 3.90. The normalized spacial score (nSPS) is 11.9. The van der Waals surface area contributed by atoms with Crippen molar-refractivity contribution in [3.05, 3.63) is 59.9 Å². The van der Waals surface area contributed by atoms with Gasteiger partial charge >= 0.3 is 0 Å². The zero-order valence-electron chi connectivity index (χ0n) is 22.9. The van der Waals surface area contributed by atoms with E-state index in [0.29, 0.717) is 23.6 Å². The summed E-state index contributed by atoms with van der Waals surface area (Å²) >= 11 is 0. The fourth-order valence-corrected chi connectivity index (χ4v) is 4.84. The Morgan fingerprint density at radius 2 is 1.69 bits per heavy atom. The Labute approximate surface area is 229 Å². The maximum atomic E-state index is 14.5. The maximum Gasteiger partial charge on any atom is 0.281 e. The molecule has 0 saturated heterocycles. The van der Waals surface area contributed by atoms with Crippen molar-refractivity contribution in [2.45, 2.75) is 52.7 Å². The molecular formula is C28H35FN4O5S. The van der Waals surface area contributed by atoms with E-state index < -0.39 is 26.8 Å². The van der Waals surface area contributed by atoms with E-state index in [4.69, 9.17) is 15.2 Å². The van der Waals surface area contributed by atoms with Gasteiger partial charge in [-0.2, -0.15) is 8.42 Å². The monoisotopic (exact) mass is 558 g/mol. The molecule has 0 aliphatic carbocycles. The molecule has 3 rings (SSSR count). The molecular weight excluding hydrogens is 523 g/mol. The molecule has 0 radical (unpaired) electrons. The number of pyridine rings is 2. The minimum Gasteiger partial charge on any atom is -0.493 e. The van der Waals surface area contributed by atoms with Crippen LogP contribution in [-0.4, -0.2) is 37.0 Å². The van der Waals surface area contributed by atoms with Crippen molar-refractivity contribution >= 4 is 21.7 Å². The molecule has 0 aliphatic rings. The zero-order valence-corrected chi connectivity index (χ0v) is 23.8. The molecule has 39 heavy (non-hydrogen) atoms. The van der Waals surface area contributed by atoms with Gasteiger partial charge < -0.3 is 15.2 Å². The summed E-state index contributed by atoms with van der Waals surface area (Å²) in [6.45, 7) is 12.2. The van der Waals surface area contributed by atoms with Gasteiger partial charge in [0.25, 0.3) is 15.9 Å². The van der Waals surface area contributed by atoms with E-state index in [2.05, 4.69) is 9.97 Å². The number of benzene rings is 1. The lowest BCUT2D eigenvalue weighted by atomic mass is 9.96. The first kappa shape index (κ1) is 29.8. The summed E-state index contributed by atoms with van der Waals surface area (Å²) in [5.74, 6) is -0.872. The molecule has 0 fully saturated rings. The largest absolute Gasteiger partial charge is 0.493 e. The van der Waals surface area contributed by atoms with Gasteiger partial charge in [0, 0.05) is 11.6 Å². The fraction of sp³-hybridized carbons (Fsp3) is 0.393. The first-order valence-electron chi connectivity index (χ1n) is 12.7. The van der Waals surface area contributed by atoms with Crippen LogP contribution < -0.4 is 19.9 Å². The molecule has 9 nitrogen and oxygen atoms in total. The quantitative estimate of drug-likeness (QED) is 0.333. The Balaban J connectivity index is 2.04. The maximum absolute atomic E-state index is 14.5. The van der Waals surface area contributed by atoms with Crippen LogP contribution in [0.4, 0.5) is 10.2 Å². The zero-order chi connectivity index (χ0) is 28.9. The number of hydrogen-bond acceptors (Lipinski definition) is 8. The van der Waals surface area contributed by atoms with Gasteiger partial charge in [-0.25, -0.2) is 19.1 Å². The number of nitrogen functional groups attached to an aromatic ring is 1. The number of amides is 1. The molecule has 2 heterocycles. The number of aromatic nitrogens is 2. The van der Waals surface area contributed by atoms with Gasteiger partial charge in [-0.05, 0) is 54.2 Å². The number of nitrogens with two attached hydrogens (primary N) is 1. The van der Waals surface area contributed by atoms with Gasteiger partial charge in [-0.15, -0.1) is 0 Å². The Morgan fingerprint density at radius 1 is 1.00 bits per heavy atom. The molecule has 0 aliphatic heterocycles. The molecule has 0 atom stereocenters. The molecule has 11 heteroatoms. The van der Waals surface area contributed by atoms with Crippen molar-refractivity contribution < 1.29 is 27.1 Å². The third kappa shape index (κ3) is 7.89. The standard InChI is InChI=1S/C28H35FN4O5S/c1-16(2)15-37-21-13-19(12-20(29)14-21)23-11-10-22(28(31-23)38-26(17(3)4)18(5)6)27(34)33-39(35,36)25-9-7-8-24(30)32-25/h7-14,16-18,26H,15H2,1-6H3,(H2,30,32)(H,33,34). The second-order valence-electron chi connectivity index (χ2n) is 10.3. The molecule has 210 valence electrons. The third-order valence-corrected chi connectivity index (χ3v) is 6.90. The first-order chi connectivity index (χ1) is 18.3. The summed E-state index contributed by atoms with van der Waals surface area (Å²) in [6, 6.07) is 11.2. The lowest BCUT2D eigenvalue weighted by molar-refractivity contribution is 0.0902. The van der Waals surface area contributed by atoms with E-state index in [-0.39, 0.29) is 41.1 Å². The van der Waals surface area contributed by atoms with Crippen LogP contribution >= 0.6 is 0 Å². The van der Waals surface area contributed by atoms with Gasteiger partial charge in [0.2, 0.25) is 5.88 Å². The second-order valence-corrected chi connectivity index (χ2v) is 12.0. The van der Waals surface area contributed by atoms with Crippen LogP contribution in [0.3, 0.4) is 0 Å². The molecule has 0 saturated carbocycles. The smallest absolute Gasteiger partial charge is 0.281 e. The second kappa shape index (κ2) is 12.4. The number of anilines is 1. The Bertz CT molecular complexity index is 1420. The SMILES string of the molecule is CC(C)COc1cc(F)cc(-c2ccc(C(=O)NS(=O)(=O)c3cccc(N)n3)c(OC(C(C)C)C(C)C)n2)c1. The molecule has 0 spiro atoms. The van der Waals surface area contributed by atoms with E-state index in [1.165, 1.54) is 42.5 Å². The van der Waals surface area contributed by atoms with E-state index in [1.807, 2.05) is 46.3 Å². The van der Waals surface area contributed by atoms with Crippen molar-refractivity contribution in [1.29, 1.82) is 0 Å². The minimum atomic E-state index is -4.34. The lowest BCUT2D eigenvalue weighted by Gasteiger charge is -2.26. The first-order valence-corrected chi connectivity index (χ1v) is 14.2. The van der Waals surface area contributed by atoms with Gasteiger partial charge in [0.15, 0.2) is 5.03 Å². The number of nitrogens with one attached hydrogen (secondary N) is 1. The topological polar surface area (TPSA) is 134 Å². The minimum absolute atomic E-state index is 0.0103. The number of halogens is 1. The average molecular weight is 559 g/mol. The summed E-state index contributed by atoms with van der Waals surface area (Å²) in [5.41, 5.74) is 6.23. The predicted octanol–water partition coefficient (Wildman–Crippen LogP) is 5.08. The van der Waals surface area contributed by atoms with E-state index in [1.54, 1.807) is 6.07 Å². The Hall–Kier alpha value is -3.73. The Morgan fingerprint density at radius 3 is 2.31 bits per heavy atom. The lowest BCUT2D eigenvalue weighted by Crippen LogP contribution is -2.33. The van der Waals surface area contributed by atoms with Crippen LogP contribution in [0.25, 0.3) is 11.3 Å². The van der Waals surface area contributed by atoms with Crippen molar-refractivity contribution in [2.75, 3.05) is 12.3 Å². The highest BCUT2D eigenvalue weighted by Gasteiger charge is 2.27. The number of hydrogen-bond donors (Lipinski definition) is 2. The summed E-state index contributed by atoms with van der Waals surface area (Å²) in [7, 11) is -4.34. The molecule has 0 unspecified atom stereocenters. The van der Waals surface area contributed by atoms with Crippen molar-refractivity contribution in [2.24, 2.45) is 17.8 Å². The number of carbonyl (C=O) groups is 1. The highest BCUT2D eigenvalue weighted by atomic mass is 32.2. The van der Waals surface area contributed by atoms with Crippen LogP contribution in [0, 0.1) is 23.6 Å². The predicted molar refractivity (Wildman–Crippen MR) is 147 cm³/mol. The van der Waals surface area contributed by atoms with Gasteiger partial charge in [-0.3, -0.25) is 4.79 Å². The van der Waals surface area contributed by atoms with Gasteiger partial charge in [0.05, 0.1) is 12.3 Å². The number of nitrogens with zero attached hydrogens (tertiary/aromatic N) is 2. The molecule has 3 N–H and O–H groups in total. The van der Waals surface area contributed by atoms with Gasteiger partial charge in [-0.1, -0.05) is 47.6 Å². The van der Waals surface area contributed by atoms with E-state index in [0.717, 1.165) is 0 Å². The molecule has 3 aromatic rings. The molecule has 2 aromatic heterocycles. The highest BCUT2D eigenvalue weighted by molar-refractivity contribution is 7.90.